The van der Waals surface area contributed by atoms with Crippen LogP contribution in [-0.4, -0.2) is 32.9 Å². The second-order valence-corrected chi connectivity index (χ2v) is 5.59. The summed E-state index contributed by atoms with van der Waals surface area (Å²) in [4.78, 5) is 9.25. The Balaban J connectivity index is 1.90. The van der Waals surface area contributed by atoms with Crippen molar-refractivity contribution in [1.82, 2.24) is 15.1 Å². The number of β-amino-alcohol motifs (C(OH)–C–C–N with tert-alkyl or cyclic N) is 1. The molecule has 10 heteroatoms. The van der Waals surface area contributed by atoms with Crippen molar-refractivity contribution >= 4 is 16.5 Å². The molecule has 0 saturated carbocycles. The van der Waals surface area contributed by atoms with Crippen molar-refractivity contribution in [3.8, 4) is 0 Å². The van der Waals surface area contributed by atoms with Crippen LogP contribution in [0.2, 0.25) is 0 Å². The van der Waals surface area contributed by atoms with Gasteiger partial charge in [-0.1, -0.05) is 5.16 Å². The number of aliphatic hydroxyl groups is 1. The summed E-state index contributed by atoms with van der Waals surface area (Å²) in [5, 5.41) is 14.6. The molecule has 0 aliphatic carbocycles. The fraction of sp³-hybridized carbons (Fsp3) is 0.545. The average Bonchev–Trinajstić information content (AvgIpc) is 3.05. The van der Waals surface area contributed by atoms with Crippen molar-refractivity contribution in [3.63, 3.8) is 0 Å². The smallest absolute Gasteiger partial charge is 0.391 e. The summed E-state index contributed by atoms with van der Waals surface area (Å²) < 4.78 is 42.9. The number of hydrogen-bond acceptors (Lipinski definition) is 7. The van der Waals surface area contributed by atoms with Gasteiger partial charge in [-0.2, -0.15) is 18.2 Å². The molecule has 0 radical (unpaired) electrons. The Bertz CT molecular complexity index is 641. The molecule has 1 aliphatic heterocycles. The minimum atomic E-state index is -4.48. The van der Waals surface area contributed by atoms with Crippen molar-refractivity contribution in [2.24, 2.45) is 0 Å². The number of aromatic nitrogens is 3. The SMILES string of the molecule is Cc1noc([C@H]2C[C@@H](O)CN2c2nc(C(F)(F)F)cs2)n1. The van der Waals surface area contributed by atoms with E-state index in [1.807, 2.05) is 0 Å². The first-order valence-corrected chi connectivity index (χ1v) is 7.00. The molecule has 1 fully saturated rings. The van der Waals surface area contributed by atoms with E-state index < -0.39 is 24.0 Å². The normalized spacial score (nSPS) is 23.0. The molecule has 6 nitrogen and oxygen atoms in total. The van der Waals surface area contributed by atoms with Crippen molar-refractivity contribution in [2.75, 3.05) is 11.4 Å². The second kappa shape index (κ2) is 4.95. The first kappa shape index (κ1) is 14.3. The first-order chi connectivity index (χ1) is 9.84. The zero-order valence-corrected chi connectivity index (χ0v) is 11.6. The molecule has 0 spiro atoms. The molecule has 1 N–H and O–H groups in total. The van der Waals surface area contributed by atoms with Crippen LogP contribution in [0.1, 0.15) is 29.9 Å². The third kappa shape index (κ3) is 2.72. The number of halogens is 3. The molecule has 1 saturated heterocycles. The number of aryl methyl sites for hydroxylation is 1. The summed E-state index contributed by atoms with van der Waals surface area (Å²) in [6.07, 6.45) is -4.85. The quantitative estimate of drug-likeness (QED) is 0.914. The van der Waals surface area contributed by atoms with E-state index in [1.165, 1.54) is 0 Å². The lowest BCUT2D eigenvalue weighted by molar-refractivity contribution is -0.140. The molecule has 21 heavy (non-hydrogen) atoms. The molecule has 114 valence electrons. The Kier molecular flexibility index (Phi) is 3.36. The Morgan fingerprint density at radius 1 is 1.43 bits per heavy atom. The van der Waals surface area contributed by atoms with Crippen LogP contribution in [0.15, 0.2) is 9.90 Å². The zero-order chi connectivity index (χ0) is 15.2. The predicted octanol–water partition coefficient (Wildman–Crippen LogP) is 2.17. The maximum Gasteiger partial charge on any atom is 0.434 e. The van der Waals surface area contributed by atoms with E-state index in [0.29, 0.717) is 12.2 Å². The highest BCUT2D eigenvalue weighted by atomic mass is 32.1. The molecule has 0 unspecified atom stereocenters. The molecule has 1 aliphatic rings. The van der Waals surface area contributed by atoms with Crippen LogP contribution in [0.4, 0.5) is 18.3 Å². The Morgan fingerprint density at radius 2 is 2.19 bits per heavy atom. The summed E-state index contributed by atoms with van der Waals surface area (Å²) >= 11 is 0.875. The van der Waals surface area contributed by atoms with Gasteiger partial charge in [-0.3, -0.25) is 0 Å². The van der Waals surface area contributed by atoms with Crippen molar-refractivity contribution in [2.45, 2.75) is 31.7 Å². The van der Waals surface area contributed by atoms with Crippen LogP contribution in [-0.2, 0) is 6.18 Å². The van der Waals surface area contributed by atoms with Crippen LogP contribution in [0, 0.1) is 6.92 Å². The van der Waals surface area contributed by atoms with E-state index in [1.54, 1.807) is 11.8 Å². The lowest BCUT2D eigenvalue weighted by Crippen LogP contribution is -2.24. The van der Waals surface area contributed by atoms with Crippen LogP contribution >= 0.6 is 11.3 Å². The highest BCUT2D eigenvalue weighted by Gasteiger charge is 2.39. The number of nitrogens with zero attached hydrogens (tertiary/aromatic N) is 4. The van der Waals surface area contributed by atoms with Gasteiger partial charge < -0.3 is 14.5 Å². The number of aliphatic hydroxyl groups excluding tert-OH is 1. The van der Waals surface area contributed by atoms with Gasteiger partial charge in [0.2, 0.25) is 5.89 Å². The zero-order valence-electron chi connectivity index (χ0n) is 10.8. The highest BCUT2D eigenvalue weighted by molar-refractivity contribution is 7.13. The Labute approximate surface area is 121 Å². The number of hydrogen-bond donors (Lipinski definition) is 1. The van der Waals surface area contributed by atoms with E-state index in [0.717, 1.165) is 16.7 Å². The topological polar surface area (TPSA) is 75.3 Å². The van der Waals surface area contributed by atoms with Crippen LogP contribution in [0.3, 0.4) is 0 Å². The van der Waals surface area contributed by atoms with Gasteiger partial charge in [0, 0.05) is 18.3 Å². The fourth-order valence-corrected chi connectivity index (χ4v) is 3.13. The monoisotopic (exact) mass is 320 g/mol. The van der Waals surface area contributed by atoms with E-state index >= 15 is 0 Å². The Morgan fingerprint density at radius 3 is 2.76 bits per heavy atom. The van der Waals surface area contributed by atoms with Gasteiger partial charge in [-0.05, 0) is 6.92 Å². The van der Waals surface area contributed by atoms with E-state index in [2.05, 4.69) is 15.1 Å². The average molecular weight is 320 g/mol. The first-order valence-electron chi connectivity index (χ1n) is 6.12. The fourth-order valence-electron chi connectivity index (χ4n) is 2.23. The maximum atomic E-state index is 12.6. The molecule has 2 atom stereocenters. The van der Waals surface area contributed by atoms with Gasteiger partial charge in [0.25, 0.3) is 0 Å². The molecule has 2 aromatic rings. The van der Waals surface area contributed by atoms with Crippen molar-refractivity contribution < 1.29 is 22.8 Å². The van der Waals surface area contributed by atoms with Gasteiger partial charge >= 0.3 is 6.18 Å². The number of rotatable bonds is 2. The standard InChI is InChI=1S/C11H11F3N4O2S/c1-5-15-9(20-17-5)7-2-6(19)3-18(7)10-16-8(4-21-10)11(12,13)14/h4,6-7,19H,2-3H2,1H3/t6-,7-/m1/s1. The van der Waals surface area contributed by atoms with E-state index in [9.17, 15) is 18.3 Å². The molecular weight excluding hydrogens is 309 g/mol. The molecule has 2 aromatic heterocycles. The van der Waals surface area contributed by atoms with E-state index in [-0.39, 0.29) is 17.6 Å². The highest BCUT2D eigenvalue weighted by Crippen LogP contribution is 2.39. The van der Waals surface area contributed by atoms with Crippen molar-refractivity contribution in [1.29, 1.82) is 0 Å². The maximum absolute atomic E-state index is 12.6. The minimum Gasteiger partial charge on any atom is -0.391 e. The molecule has 0 bridgehead atoms. The van der Waals surface area contributed by atoms with Crippen LogP contribution < -0.4 is 4.90 Å². The number of thiazole rings is 1. The minimum absolute atomic E-state index is 0.177. The summed E-state index contributed by atoms with van der Waals surface area (Å²) in [5.41, 5.74) is -0.940. The largest absolute Gasteiger partial charge is 0.434 e. The van der Waals surface area contributed by atoms with Gasteiger partial charge in [0.1, 0.15) is 6.04 Å². The second-order valence-electron chi connectivity index (χ2n) is 4.75. The molecule has 0 amide bonds. The number of alkyl halides is 3. The molecule has 0 aromatic carbocycles. The summed E-state index contributed by atoms with van der Waals surface area (Å²) in [5.74, 6) is 0.703. The van der Waals surface area contributed by atoms with Crippen molar-refractivity contribution in [3.05, 3.63) is 22.8 Å². The van der Waals surface area contributed by atoms with Gasteiger partial charge in [0.15, 0.2) is 16.6 Å². The number of anilines is 1. The lowest BCUT2D eigenvalue weighted by atomic mass is 10.2. The molecular formula is C11H11F3N4O2S. The van der Waals surface area contributed by atoms with E-state index in [4.69, 9.17) is 4.52 Å². The molecule has 3 heterocycles. The van der Waals surface area contributed by atoms with Gasteiger partial charge in [-0.15, -0.1) is 11.3 Å². The molecule has 3 rings (SSSR count). The predicted molar refractivity (Wildman–Crippen MR) is 66.9 cm³/mol. The summed E-state index contributed by atoms with van der Waals surface area (Å²) in [7, 11) is 0. The third-order valence-electron chi connectivity index (χ3n) is 3.14. The Hall–Kier alpha value is -1.68. The van der Waals surface area contributed by atoms with Gasteiger partial charge in [0.05, 0.1) is 6.10 Å². The lowest BCUT2D eigenvalue weighted by Gasteiger charge is -2.20. The summed E-state index contributed by atoms with van der Waals surface area (Å²) in [6.45, 7) is 1.82. The third-order valence-corrected chi connectivity index (χ3v) is 4.01. The van der Waals surface area contributed by atoms with Crippen LogP contribution in [0.5, 0.6) is 0 Å². The van der Waals surface area contributed by atoms with Crippen LogP contribution in [0.25, 0.3) is 0 Å². The summed E-state index contributed by atoms with van der Waals surface area (Å²) in [6, 6.07) is -0.464. The van der Waals surface area contributed by atoms with Gasteiger partial charge in [-0.25, -0.2) is 4.98 Å².